The zero-order valence-electron chi connectivity index (χ0n) is 20.7. The lowest BCUT2D eigenvalue weighted by Crippen LogP contribution is -2.27. The highest BCUT2D eigenvalue weighted by molar-refractivity contribution is 5.93. The Balaban J connectivity index is 1.62. The average Bonchev–Trinajstić information content (AvgIpc) is 3.15. The van der Waals surface area contributed by atoms with E-state index in [0.717, 1.165) is 36.3 Å². The molecule has 0 atom stereocenters. The molecule has 0 N–H and O–H groups in total. The summed E-state index contributed by atoms with van der Waals surface area (Å²) in [6.45, 7) is 6.48. The van der Waals surface area contributed by atoms with Crippen LogP contribution >= 0.6 is 0 Å². The molecule has 3 heteroatoms. The monoisotopic (exact) mass is 457 g/mol. The van der Waals surface area contributed by atoms with Crippen molar-refractivity contribution in [3.05, 3.63) is 137 Å². The number of aromatic nitrogens is 2. The van der Waals surface area contributed by atoms with Crippen molar-refractivity contribution >= 4 is 16.8 Å². The minimum atomic E-state index is 0.879. The first-order valence-electron chi connectivity index (χ1n) is 12.4. The third-order valence-corrected chi connectivity index (χ3v) is 6.68. The van der Waals surface area contributed by atoms with Gasteiger partial charge in [0.25, 0.3) is 0 Å². The molecule has 0 bridgehead atoms. The van der Waals surface area contributed by atoms with Gasteiger partial charge in [0.2, 0.25) is 0 Å². The topological polar surface area (TPSA) is 29.0 Å². The van der Waals surface area contributed by atoms with E-state index >= 15 is 0 Å². The Kier molecular flexibility index (Phi) is 6.58. The molecule has 3 aliphatic rings. The normalized spacial score (nSPS) is 17.9. The molecule has 1 aromatic carbocycles. The van der Waals surface area contributed by atoms with Crippen LogP contribution in [-0.4, -0.2) is 9.97 Å². The fourth-order valence-corrected chi connectivity index (χ4v) is 5.04. The summed E-state index contributed by atoms with van der Waals surface area (Å²) in [6.07, 6.45) is 26.5. The van der Waals surface area contributed by atoms with Crippen LogP contribution in [0.15, 0.2) is 126 Å². The van der Waals surface area contributed by atoms with Gasteiger partial charge in [-0.15, -0.1) is 0 Å². The number of nitrogens with zero attached hydrogens (tertiary/aromatic N) is 3. The van der Waals surface area contributed by atoms with Gasteiger partial charge >= 0.3 is 0 Å². The van der Waals surface area contributed by atoms with Gasteiger partial charge in [-0.2, -0.15) is 0 Å². The van der Waals surface area contributed by atoms with Crippen molar-refractivity contribution in [3.8, 4) is 0 Å². The molecule has 5 rings (SSSR count). The highest BCUT2D eigenvalue weighted by atomic mass is 15.2. The highest BCUT2D eigenvalue weighted by Gasteiger charge is 2.31. The Morgan fingerprint density at radius 2 is 1.97 bits per heavy atom. The van der Waals surface area contributed by atoms with Crippen LogP contribution in [0.5, 0.6) is 0 Å². The summed E-state index contributed by atoms with van der Waals surface area (Å²) in [5, 5.41) is 0. The van der Waals surface area contributed by atoms with E-state index in [9.17, 15) is 0 Å². The standard InChI is InChI=1S/C32H31N3/c1-4-11-24(12-5-2)27-17-18-29-23(3)35(31-21-33-22-34-32(31)30(29)20-27)28-16-10-9-15-26(19-28)25-13-7-6-8-14-25/h4,6-14,16-17,19-22H,5,15,18H2,1-3H3/b11-4-,24-12+. The van der Waals surface area contributed by atoms with Crippen molar-refractivity contribution in [2.45, 2.75) is 40.0 Å². The Hall–Kier alpha value is -3.98. The van der Waals surface area contributed by atoms with E-state index in [1.807, 2.05) is 6.20 Å². The van der Waals surface area contributed by atoms with Crippen LogP contribution in [0.4, 0.5) is 5.69 Å². The Morgan fingerprint density at radius 1 is 1.11 bits per heavy atom. The predicted molar refractivity (Wildman–Crippen MR) is 147 cm³/mol. The maximum Gasteiger partial charge on any atom is 0.116 e. The Bertz CT molecular complexity index is 1370. The molecule has 2 heterocycles. The lowest BCUT2D eigenvalue weighted by atomic mass is 9.84. The third kappa shape index (κ3) is 4.42. The van der Waals surface area contributed by atoms with E-state index in [0.29, 0.717) is 0 Å². The zero-order chi connectivity index (χ0) is 24.2. The molecule has 3 nitrogen and oxygen atoms in total. The third-order valence-electron chi connectivity index (χ3n) is 6.68. The first kappa shape index (κ1) is 22.8. The molecular weight excluding hydrogens is 426 g/mol. The highest BCUT2D eigenvalue weighted by Crippen LogP contribution is 2.46. The lowest BCUT2D eigenvalue weighted by Gasteiger charge is -2.36. The maximum absolute atomic E-state index is 4.78. The van der Waals surface area contributed by atoms with Crippen molar-refractivity contribution in [1.82, 2.24) is 9.97 Å². The van der Waals surface area contributed by atoms with E-state index < -0.39 is 0 Å². The fourth-order valence-electron chi connectivity index (χ4n) is 5.04. The summed E-state index contributed by atoms with van der Waals surface area (Å²) in [6, 6.07) is 10.6. The number of allylic oxidation sites excluding steroid dienone is 15. The van der Waals surface area contributed by atoms with Gasteiger partial charge in [0.05, 0.1) is 17.6 Å². The number of benzene rings is 1. The maximum atomic E-state index is 4.78. The van der Waals surface area contributed by atoms with Crippen LogP contribution in [0.3, 0.4) is 0 Å². The van der Waals surface area contributed by atoms with Crippen LogP contribution in [0.2, 0.25) is 0 Å². The fraction of sp³-hybridized carbons (Fsp3) is 0.188. The van der Waals surface area contributed by atoms with Gasteiger partial charge < -0.3 is 4.90 Å². The van der Waals surface area contributed by atoms with Gasteiger partial charge in [-0.3, -0.25) is 0 Å². The summed E-state index contributed by atoms with van der Waals surface area (Å²) < 4.78 is 0. The molecule has 0 amide bonds. The largest absolute Gasteiger partial charge is 0.311 e. The van der Waals surface area contributed by atoms with Crippen LogP contribution in [0.25, 0.3) is 11.1 Å². The second kappa shape index (κ2) is 10.1. The SMILES string of the molecule is C/C=C\C(=C/CC)C1=CCC2=C(C)N(C3=CC=CCC(c4ccccc4)=C3)c3cncnc3C2=C1. The van der Waals surface area contributed by atoms with Crippen LogP contribution in [-0.2, 0) is 0 Å². The van der Waals surface area contributed by atoms with Crippen molar-refractivity contribution in [3.63, 3.8) is 0 Å². The van der Waals surface area contributed by atoms with Crippen molar-refractivity contribution in [1.29, 1.82) is 0 Å². The summed E-state index contributed by atoms with van der Waals surface area (Å²) in [7, 11) is 0. The minimum absolute atomic E-state index is 0.879. The second-order valence-electron chi connectivity index (χ2n) is 8.90. The van der Waals surface area contributed by atoms with Crippen molar-refractivity contribution in [2.24, 2.45) is 0 Å². The molecule has 0 saturated carbocycles. The van der Waals surface area contributed by atoms with Gasteiger partial charge in [-0.1, -0.05) is 73.7 Å². The first-order valence-corrected chi connectivity index (χ1v) is 12.4. The molecule has 0 spiro atoms. The molecule has 1 aromatic heterocycles. The van der Waals surface area contributed by atoms with Crippen LogP contribution < -0.4 is 4.90 Å². The van der Waals surface area contributed by atoms with Crippen molar-refractivity contribution < 1.29 is 0 Å². The van der Waals surface area contributed by atoms with E-state index in [4.69, 9.17) is 4.98 Å². The molecule has 0 radical (unpaired) electrons. The van der Waals surface area contributed by atoms with Gasteiger partial charge in [-0.25, -0.2) is 9.97 Å². The average molecular weight is 458 g/mol. The van der Waals surface area contributed by atoms with Crippen molar-refractivity contribution in [2.75, 3.05) is 4.90 Å². The number of hydrogen-bond acceptors (Lipinski definition) is 3. The molecule has 0 fully saturated rings. The molecule has 174 valence electrons. The number of anilines is 1. The summed E-state index contributed by atoms with van der Waals surface area (Å²) >= 11 is 0. The van der Waals surface area contributed by atoms with E-state index in [1.165, 1.54) is 39.1 Å². The van der Waals surface area contributed by atoms with Crippen LogP contribution in [0.1, 0.15) is 51.3 Å². The van der Waals surface area contributed by atoms with E-state index in [-0.39, 0.29) is 0 Å². The molecule has 0 unspecified atom stereocenters. The lowest BCUT2D eigenvalue weighted by molar-refractivity contribution is 0.981. The number of hydrogen-bond donors (Lipinski definition) is 0. The smallest absolute Gasteiger partial charge is 0.116 e. The first-order chi connectivity index (χ1) is 17.2. The summed E-state index contributed by atoms with van der Waals surface area (Å²) in [4.78, 5) is 11.5. The zero-order valence-corrected chi connectivity index (χ0v) is 20.7. The van der Waals surface area contributed by atoms with Crippen LogP contribution in [0, 0.1) is 0 Å². The molecule has 2 aliphatic carbocycles. The quantitative estimate of drug-likeness (QED) is 0.424. The molecule has 2 aromatic rings. The van der Waals surface area contributed by atoms with Gasteiger partial charge in [0.15, 0.2) is 0 Å². The van der Waals surface area contributed by atoms with Gasteiger partial charge in [-0.05, 0) is 79.2 Å². The minimum Gasteiger partial charge on any atom is -0.311 e. The predicted octanol–water partition coefficient (Wildman–Crippen LogP) is 8.12. The molecule has 0 saturated heterocycles. The molecule has 35 heavy (non-hydrogen) atoms. The number of rotatable bonds is 5. The molecular formula is C32H31N3. The van der Waals surface area contributed by atoms with E-state index in [1.54, 1.807) is 6.33 Å². The van der Waals surface area contributed by atoms with Gasteiger partial charge in [0, 0.05) is 17.0 Å². The van der Waals surface area contributed by atoms with E-state index in [2.05, 4.69) is 116 Å². The Labute approximate surface area is 208 Å². The number of fused-ring (bicyclic) bond motifs is 3. The summed E-state index contributed by atoms with van der Waals surface area (Å²) in [5.74, 6) is 0. The Morgan fingerprint density at radius 3 is 2.77 bits per heavy atom. The molecule has 1 aliphatic heterocycles. The second-order valence-corrected chi connectivity index (χ2v) is 8.90. The summed E-state index contributed by atoms with van der Waals surface area (Å²) in [5.41, 5.74) is 12.0. The van der Waals surface area contributed by atoms with Gasteiger partial charge in [0.1, 0.15) is 6.33 Å².